The molecule has 0 unspecified atom stereocenters. The molecular formula is C28H38ClN5O4. The summed E-state index contributed by atoms with van der Waals surface area (Å²) in [5.41, 5.74) is 9.07. The van der Waals surface area contributed by atoms with Crippen molar-refractivity contribution in [2.45, 2.75) is 52.7 Å². The predicted octanol–water partition coefficient (Wildman–Crippen LogP) is 3.35. The second kappa shape index (κ2) is 11.6. The quantitative estimate of drug-likeness (QED) is 0.366. The van der Waals surface area contributed by atoms with Crippen LogP contribution in [0.4, 0.5) is 5.82 Å². The van der Waals surface area contributed by atoms with E-state index in [2.05, 4.69) is 10.2 Å². The van der Waals surface area contributed by atoms with Gasteiger partial charge in [-0.05, 0) is 65.8 Å². The highest BCUT2D eigenvalue weighted by molar-refractivity contribution is 6.33. The first-order chi connectivity index (χ1) is 18.1. The second-order valence-corrected chi connectivity index (χ2v) is 10.9. The van der Waals surface area contributed by atoms with Crippen molar-refractivity contribution < 1.29 is 19.4 Å². The van der Waals surface area contributed by atoms with Crippen LogP contribution in [0.15, 0.2) is 23.9 Å². The first kappa shape index (κ1) is 28.3. The first-order valence-corrected chi connectivity index (χ1v) is 13.4. The molecule has 4 rings (SSSR count). The molecule has 0 amide bonds. The lowest BCUT2D eigenvalue weighted by molar-refractivity contribution is -0.111. The van der Waals surface area contributed by atoms with Crippen molar-refractivity contribution in [3.63, 3.8) is 0 Å². The van der Waals surface area contributed by atoms with Gasteiger partial charge in [-0.2, -0.15) is 0 Å². The molecule has 38 heavy (non-hydrogen) atoms. The van der Waals surface area contributed by atoms with Gasteiger partial charge in [0.05, 0.1) is 22.4 Å². The van der Waals surface area contributed by atoms with E-state index < -0.39 is 6.10 Å². The van der Waals surface area contributed by atoms with Crippen LogP contribution in [-0.2, 0) is 9.53 Å². The largest absolute Gasteiger partial charge is 0.491 e. The Morgan fingerprint density at radius 3 is 2.63 bits per heavy atom. The Morgan fingerprint density at radius 1 is 1.32 bits per heavy atom. The molecule has 1 atom stereocenters. The van der Waals surface area contributed by atoms with E-state index in [0.29, 0.717) is 51.8 Å². The number of hydrogen-bond donors (Lipinski definition) is 3. The monoisotopic (exact) mass is 543 g/mol. The molecule has 4 N–H and O–H groups in total. The minimum atomic E-state index is -0.656. The number of carbonyl (C=O) groups excluding carboxylic acids is 1. The molecule has 0 bridgehead atoms. The van der Waals surface area contributed by atoms with Gasteiger partial charge in [0.1, 0.15) is 24.3 Å². The van der Waals surface area contributed by atoms with Gasteiger partial charge >= 0.3 is 0 Å². The normalized spacial score (nSPS) is 18.0. The van der Waals surface area contributed by atoms with Crippen LogP contribution >= 0.6 is 11.6 Å². The minimum Gasteiger partial charge on any atom is -0.491 e. The van der Waals surface area contributed by atoms with Crippen molar-refractivity contribution >= 4 is 28.8 Å². The van der Waals surface area contributed by atoms with E-state index in [0.717, 1.165) is 43.9 Å². The number of nitrogens with zero attached hydrogens (tertiary/aromatic N) is 3. The SMILES string of the molecule is CCOC1CC2(C1)CN(c1nc(-c3cc(OC[C@H](O)CNC)ccc3Cl)nc(C(C(C)=O)=C(C)N)c1C)C2. The highest BCUT2D eigenvalue weighted by Gasteiger charge is 2.53. The van der Waals surface area contributed by atoms with E-state index in [1.54, 1.807) is 32.2 Å². The van der Waals surface area contributed by atoms with E-state index >= 15 is 0 Å². The number of anilines is 1. The average Bonchev–Trinajstić information content (AvgIpc) is 2.80. The average molecular weight is 544 g/mol. The topological polar surface area (TPSA) is 123 Å². The molecule has 1 saturated carbocycles. The molecule has 2 heterocycles. The lowest BCUT2D eigenvalue weighted by Crippen LogP contribution is -2.64. The summed E-state index contributed by atoms with van der Waals surface area (Å²) in [5, 5.41) is 13.4. The van der Waals surface area contributed by atoms with Crippen LogP contribution < -0.4 is 20.7 Å². The van der Waals surface area contributed by atoms with Gasteiger partial charge in [0.25, 0.3) is 0 Å². The number of carbonyl (C=O) groups is 1. The summed E-state index contributed by atoms with van der Waals surface area (Å²) in [4.78, 5) is 24.6. The second-order valence-electron chi connectivity index (χ2n) is 10.5. The zero-order chi connectivity index (χ0) is 27.6. The Bertz CT molecular complexity index is 1220. The summed E-state index contributed by atoms with van der Waals surface area (Å²) in [6.07, 6.45) is 1.77. The molecule has 1 spiro atoms. The number of ether oxygens (including phenoxy) is 2. The number of aliphatic hydroxyl groups is 1. The number of aliphatic hydroxyl groups excluding tert-OH is 1. The van der Waals surface area contributed by atoms with Gasteiger partial charge in [-0.25, -0.2) is 9.97 Å². The van der Waals surface area contributed by atoms with Crippen LogP contribution in [0.1, 0.15) is 44.9 Å². The van der Waals surface area contributed by atoms with Crippen molar-refractivity contribution in [2.24, 2.45) is 11.1 Å². The predicted molar refractivity (Wildman–Crippen MR) is 149 cm³/mol. The molecule has 9 nitrogen and oxygen atoms in total. The highest BCUT2D eigenvalue weighted by atomic mass is 35.5. The van der Waals surface area contributed by atoms with E-state index in [1.807, 2.05) is 13.8 Å². The van der Waals surface area contributed by atoms with Crippen LogP contribution in [0.5, 0.6) is 5.75 Å². The molecule has 2 fully saturated rings. The van der Waals surface area contributed by atoms with Gasteiger partial charge in [0, 0.05) is 48.5 Å². The van der Waals surface area contributed by atoms with Gasteiger partial charge in [-0.15, -0.1) is 0 Å². The fourth-order valence-electron chi connectivity index (χ4n) is 5.49. The van der Waals surface area contributed by atoms with E-state index in [1.165, 1.54) is 6.92 Å². The Kier molecular flexibility index (Phi) is 8.62. The zero-order valence-electron chi connectivity index (χ0n) is 22.8. The Balaban J connectivity index is 1.71. The lowest BCUT2D eigenvalue weighted by Gasteiger charge is -2.59. The number of benzene rings is 1. The number of ketones is 1. The van der Waals surface area contributed by atoms with Crippen LogP contribution in [0, 0.1) is 12.3 Å². The maximum Gasteiger partial charge on any atom is 0.163 e. The molecule has 1 aliphatic heterocycles. The molecule has 1 aromatic heterocycles. The molecule has 2 aliphatic rings. The molecule has 1 saturated heterocycles. The molecule has 10 heteroatoms. The number of rotatable bonds is 11. The molecule has 206 valence electrons. The molecule has 2 aromatic rings. The molecule has 1 aromatic carbocycles. The van der Waals surface area contributed by atoms with Crippen molar-refractivity contribution in [1.82, 2.24) is 15.3 Å². The lowest BCUT2D eigenvalue weighted by atomic mass is 9.61. The minimum absolute atomic E-state index is 0.120. The Labute approximate surface area is 229 Å². The zero-order valence-corrected chi connectivity index (χ0v) is 23.6. The number of halogens is 1. The van der Waals surface area contributed by atoms with Crippen molar-refractivity contribution in [1.29, 1.82) is 0 Å². The van der Waals surface area contributed by atoms with Gasteiger partial charge in [-0.3, -0.25) is 4.79 Å². The summed E-state index contributed by atoms with van der Waals surface area (Å²) >= 11 is 6.62. The van der Waals surface area contributed by atoms with E-state index in [-0.39, 0.29) is 17.8 Å². The summed E-state index contributed by atoms with van der Waals surface area (Å²) in [5.74, 6) is 1.52. The Morgan fingerprint density at radius 2 is 2.03 bits per heavy atom. The number of likely N-dealkylation sites (N-methyl/N-ethyl adjacent to an activating group) is 1. The van der Waals surface area contributed by atoms with Crippen LogP contribution in [0.2, 0.25) is 5.02 Å². The highest BCUT2D eigenvalue weighted by Crippen LogP contribution is 2.51. The maximum absolute atomic E-state index is 12.6. The van der Waals surface area contributed by atoms with Crippen molar-refractivity contribution in [3.05, 3.63) is 40.2 Å². The van der Waals surface area contributed by atoms with E-state index in [9.17, 15) is 9.90 Å². The van der Waals surface area contributed by atoms with Crippen molar-refractivity contribution in [3.8, 4) is 17.1 Å². The summed E-state index contributed by atoms with van der Waals surface area (Å²) in [6.45, 7) is 10.2. The van der Waals surface area contributed by atoms with E-state index in [4.69, 9.17) is 36.8 Å². The Hall–Kier alpha value is -2.72. The van der Waals surface area contributed by atoms with Crippen LogP contribution in [-0.4, -0.2) is 73.0 Å². The van der Waals surface area contributed by atoms with Gasteiger partial charge in [0.15, 0.2) is 11.6 Å². The summed E-state index contributed by atoms with van der Waals surface area (Å²) in [6, 6.07) is 5.22. The third kappa shape index (κ3) is 5.81. The van der Waals surface area contributed by atoms with Crippen LogP contribution in [0.25, 0.3) is 17.0 Å². The summed E-state index contributed by atoms with van der Waals surface area (Å²) in [7, 11) is 1.77. The first-order valence-electron chi connectivity index (χ1n) is 13.1. The fourth-order valence-corrected chi connectivity index (χ4v) is 5.69. The smallest absolute Gasteiger partial charge is 0.163 e. The number of nitrogens with two attached hydrogens (primary N) is 1. The van der Waals surface area contributed by atoms with Gasteiger partial charge in [0.2, 0.25) is 0 Å². The number of Topliss-reactive ketones (excluding diaryl/α,β-unsaturated/α-hetero) is 1. The molecular weight excluding hydrogens is 506 g/mol. The number of hydrogen-bond acceptors (Lipinski definition) is 9. The number of aromatic nitrogens is 2. The number of allylic oxidation sites excluding steroid dienone is 2. The third-order valence-electron chi connectivity index (χ3n) is 7.24. The number of nitrogens with one attached hydrogen (secondary N) is 1. The summed E-state index contributed by atoms with van der Waals surface area (Å²) < 4.78 is 11.6. The fraction of sp³-hybridized carbons (Fsp3) is 0.536. The standard InChI is InChI=1S/C28H38ClN5O4/c1-6-37-21-10-28(11-21)14-34(15-28)27-16(2)25(24(17(3)30)18(4)35)32-26(33-27)22-9-20(7-8-23(22)29)38-13-19(36)12-31-5/h7-9,19,21,31,36H,6,10-15,30H2,1-5H3/t19-/m1/s1. The maximum atomic E-state index is 12.6. The third-order valence-corrected chi connectivity index (χ3v) is 7.57. The molecule has 1 aliphatic carbocycles. The van der Waals surface area contributed by atoms with Crippen molar-refractivity contribution in [2.75, 3.05) is 44.8 Å². The van der Waals surface area contributed by atoms with Crippen LogP contribution in [0.3, 0.4) is 0 Å². The van der Waals surface area contributed by atoms with Gasteiger partial charge in [-0.1, -0.05) is 11.6 Å². The van der Waals surface area contributed by atoms with Gasteiger partial charge < -0.3 is 30.5 Å². The molecule has 0 radical (unpaired) electrons.